The largest absolute Gasteiger partial charge is 0.409 e. The monoisotopic (exact) mass is 267 g/mol. The van der Waals surface area contributed by atoms with Crippen LogP contribution in [-0.4, -0.2) is 34.4 Å². The number of nitrogens with two attached hydrogens (primary N) is 1. The summed E-state index contributed by atoms with van der Waals surface area (Å²) in [6.45, 7) is 4.27. The number of piperidine rings is 1. The Morgan fingerprint density at radius 2 is 1.89 bits per heavy atom. The van der Waals surface area contributed by atoms with Gasteiger partial charge in [-0.1, -0.05) is 18.0 Å². The Bertz CT molecular complexity index is 377. The van der Waals surface area contributed by atoms with E-state index in [4.69, 9.17) is 10.9 Å². The molecular weight excluding hydrogens is 242 g/mol. The number of nitrogens with zero attached hydrogens (tertiary/aromatic N) is 2. The van der Waals surface area contributed by atoms with Crippen LogP contribution in [0.15, 0.2) is 5.16 Å². The third-order valence-electron chi connectivity index (χ3n) is 4.79. The predicted molar refractivity (Wildman–Crippen MR) is 73.9 cm³/mol. The lowest BCUT2D eigenvalue weighted by molar-refractivity contribution is -0.143. The van der Waals surface area contributed by atoms with Crippen LogP contribution in [-0.2, 0) is 4.79 Å². The molecule has 19 heavy (non-hydrogen) atoms. The number of oxime groups is 1. The predicted octanol–water partition coefficient (Wildman–Crippen LogP) is 1.94. The van der Waals surface area contributed by atoms with Crippen molar-refractivity contribution in [2.45, 2.75) is 58.4 Å². The first-order valence-corrected chi connectivity index (χ1v) is 7.27. The number of amidine groups is 1. The SMILES string of the molecule is CC(C)(C(=O)N1CCC[C@H]2CCCC[C@H]21)C(N)=NO. The molecule has 1 saturated carbocycles. The summed E-state index contributed by atoms with van der Waals surface area (Å²) >= 11 is 0. The maximum atomic E-state index is 12.7. The fourth-order valence-corrected chi connectivity index (χ4v) is 3.47. The summed E-state index contributed by atoms with van der Waals surface area (Å²) in [4.78, 5) is 14.7. The molecule has 0 spiro atoms. The highest BCUT2D eigenvalue weighted by molar-refractivity contribution is 6.06. The van der Waals surface area contributed by atoms with Crippen LogP contribution in [0.3, 0.4) is 0 Å². The molecule has 1 saturated heterocycles. The molecular formula is C14H25N3O2. The lowest BCUT2D eigenvalue weighted by Crippen LogP contribution is -2.56. The van der Waals surface area contributed by atoms with Gasteiger partial charge in [-0.3, -0.25) is 4.79 Å². The molecule has 0 aromatic rings. The van der Waals surface area contributed by atoms with Gasteiger partial charge >= 0.3 is 0 Å². The molecule has 2 atom stereocenters. The van der Waals surface area contributed by atoms with Crippen molar-refractivity contribution in [3.8, 4) is 0 Å². The Kier molecular flexibility index (Phi) is 4.02. The maximum Gasteiger partial charge on any atom is 0.236 e. The van der Waals surface area contributed by atoms with Gasteiger partial charge in [0.25, 0.3) is 0 Å². The van der Waals surface area contributed by atoms with Crippen molar-refractivity contribution in [1.29, 1.82) is 0 Å². The molecule has 2 aliphatic rings. The second-order valence-corrected chi connectivity index (χ2v) is 6.36. The lowest BCUT2D eigenvalue weighted by atomic mass is 9.77. The van der Waals surface area contributed by atoms with E-state index in [1.165, 1.54) is 25.7 Å². The number of hydrogen-bond donors (Lipinski definition) is 2. The number of hydrogen-bond acceptors (Lipinski definition) is 3. The molecule has 0 aromatic carbocycles. The van der Waals surface area contributed by atoms with Gasteiger partial charge in [0, 0.05) is 12.6 Å². The Morgan fingerprint density at radius 1 is 1.26 bits per heavy atom. The van der Waals surface area contributed by atoms with E-state index in [-0.39, 0.29) is 11.7 Å². The highest BCUT2D eigenvalue weighted by atomic mass is 16.4. The quantitative estimate of drug-likeness (QED) is 0.347. The molecule has 0 unspecified atom stereocenters. The van der Waals surface area contributed by atoms with Crippen LogP contribution in [0.1, 0.15) is 52.4 Å². The van der Waals surface area contributed by atoms with Gasteiger partial charge in [-0.25, -0.2) is 0 Å². The highest BCUT2D eigenvalue weighted by Gasteiger charge is 2.42. The molecule has 2 rings (SSSR count). The molecule has 5 nitrogen and oxygen atoms in total. The molecule has 1 aliphatic heterocycles. The standard InChI is InChI=1S/C14H25N3O2/c1-14(2,12(15)16-19)13(18)17-9-5-7-10-6-3-4-8-11(10)17/h10-11,19H,3-9H2,1-2H3,(H2,15,16)/t10-,11-/m1/s1. The molecule has 1 amide bonds. The normalized spacial score (nSPS) is 28.9. The lowest BCUT2D eigenvalue weighted by Gasteiger charge is -2.46. The van der Waals surface area contributed by atoms with Crippen molar-refractivity contribution in [2.75, 3.05) is 6.54 Å². The number of carbonyl (C=O) groups excluding carboxylic acids is 1. The fourth-order valence-electron chi connectivity index (χ4n) is 3.47. The van der Waals surface area contributed by atoms with E-state index in [1.54, 1.807) is 13.8 Å². The van der Waals surface area contributed by atoms with Crippen LogP contribution in [0.4, 0.5) is 0 Å². The summed E-state index contributed by atoms with van der Waals surface area (Å²) in [6.07, 6.45) is 7.13. The van der Waals surface area contributed by atoms with Crippen LogP contribution in [0.5, 0.6) is 0 Å². The van der Waals surface area contributed by atoms with Crippen LogP contribution in [0.2, 0.25) is 0 Å². The molecule has 1 aliphatic carbocycles. The van der Waals surface area contributed by atoms with E-state index in [9.17, 15) is 4.79 Å². The molecule has 108 valence electrons. The molecule has 0 radical (unpaired) electrons. The summed E-state index contributed by atoms with van der Waals surface area (Å²) in [5, 5.41) is 11.9. The average molecular weight is 267 g/mol. The van der Waals surface area contributed by atoms with Crippen molar-refractivity contribution in [3.63, 3.8) is 0 Å². The number of fused-ring (bicyclic) bond motifs is 1. The minimum Gasteiger partial charge on any atom is -0.409 e. The summed E-state index contributed by atoms with van der Waals surface area (Å²) in [7, 11) is 0. The summed E-state index contributed by atoms with van der Waals surface area (Å²) in [6, 6.07) is 0.362. The van der Waals surface area contributed by atoms with Crippen molar-refractivity contribution < 1.29 is 10.0 Å². The molecule has 2 fully saturated rings. The minimum absolute atomic E-state index is 0.000556. The minimum atomic E-state index is -0.923. The first kappa shape index (κ1) is 14.2. The Morgan fingerprint density at radius 3 is 2.58 bits per heavy atom. The highest BCUT2D eigenvalue weighted by Crippen LogP contribution is 2.37. The van der Waals surface area contributed by atoms with E-state index in [0.717, 1.165) is 19.4 Å². The van der Waals surface area contributed by atoms with Gasteiger partial charge in [0.05, 0.1) is 0 Å². The Hall–Kier alpha value is -1.26. The summed E-state index contributed by atoms with van der Waals surface area (Å²) < 4.78 is 0. The molecule has 0 bridgehead atoms. The van der Waals surface area contributed by atoms with Gasteiger partial charge in [-0.15, -0.1) is 0 Å². The van der Waals surface area contributed by atoms with Gasteiger partial charge in [-0.2, -0.15) is 0 Å². The Balaban J connectivity index is 2.17. The second-order valence-electron chi connectivity index (χ2n) is 6.36. The zero-order valence-electron chi connectivity index (χ0n) is 11.9. The van der Waals surface area contributed by atoms with Crippen LogP contribution >= 0.6 is 0 Å². The van der Waals surface area contributed by atoms with Crippen LogP contribution in [0.25, 0.3) is 0 Å². The van der Waals surface area contributed by atoms with E-state index < -0.39 is 5.41 Å². The van der Waals surface area contributed by atoms with Crippen LogP contribution in [0, 0.1) is 11.3 Å². The zero-order valence-corrected chi connectivity index (χ0v) is 11.9. The van der Waals surface area contributed by atoms with Crippen molar-refractivity contribution in [2.24, 2.45) is 22.2 Å². The van der Waals surface area contributed by atoms with Crippen molar-refractivity contribution in [3.05, 3.63) is 0 Å². The van der Waals surface area contributed by atoms with E-state index in [1.807, 2.05) is 4.90 Å². The van der Waals surface area contributed by atoms with Gasteiger partial charge < -0.3 is 15.8 Å². The Labute approximate surface area is 114 Å². The smallest absolute Gasteiger partial charge is 0.236 e. The average Bonchev–Trinajstić information content (AvgIpc) is 2.44. The number of likely N-dealkylation sites (tertiary alicyclic amines) is 1. The number of carbonyl (C=O) groups is 1. The zero-order chi connectivity index (χ0) is 14.0. The van der Waals surface area contributed by atoms with Gasteiger partial charge in [-0.05, 0) is 45.4 Å². The topological polar surface area (TPSA) is 78.9 Å². The van der Waals surface area contributed by atoms with E-state index in [0.29, 0.717) is 12.0 Å². The van der Waals surface area contributed by atoms with Crippen molar-refractivity contribution in [1.82, 2.24) is 4.90 Å². The third kappa shape index (κ3) is 2.55. The maximum absolute atomic E-state index is 12.7. The van der Waals surface area contributed by atoms with Crippen LogP contribution < -0.4 is 5.73 Å². The van der Waals surface area contributed by atoms with Gasteiger partial charge in [0.15, 0.2) is 5.84 Å². The first-order valence-electron chi connectivity index (χ1n) is 7.27. The first-order chi connectivity index (χ1) is 8.98. The molecule has 1 heterocycles. The van der Waals surface area contributed by atoms with E-state index >= 15 is 0 Å². The van der Waals surface area contributed by atoms with E-state index in [2.05, 4.69) is 5.16 Å². The molecule has 3 N–H and O–H groups in total. The molecule has 5 heteroatoms. The third-order valence-corrected chi connectivity index (χ3v) is 4.79. The summed E-state index contributed by atoms with van der Waals surface area (Å²) in [5.41, 5.74) is 4.76. The van der Waals surface area contributed by atoms with Gasteiger partial charge in [0.1, 0.15) is 5.41 Å². The molecule has 0 aromatic heterocycles. The number of amides is 1. The fraction of sp³-hybridized carbons (Fsp3) is 0.857. The second kappa shape index (κ2) is 5.39. The number of rotatable bonds is 2. The van der Waals surface area contributed by atoms with Gasteiger partial charge in [0.2, 0.25) is 5.91 Å². The van der Waals surface area contributed by atoms with Crippen molar-refractivity contribution >= 4 is 11.7 Å². The summed E-state index contributed by atoms with van der Waals surface area (Å²) in [5.74, 6) is 0.643.